The van der Waals surface area contributed by atoms with E-state index in [4.69, 9.17) is 42.1 Å². The minimum absolute atomic E-state index is 0.0340. The normalized spacial score (nSPS) is 10.3. The van der Waals surface area contributed by atoms with Crippen molar-refractivity contribution in [3.63, 3.8) is 0 Å². The third-order valence-electron chi connectivity index (χ3n) is 4.68. The topological polar surface area (TPSA) is 104 Å². The van der Waals surface area contributed by atoms with Gasteiger partial charge in [0.15, 0.2) is 5.75 Å². The molecule has 0 fully saturated rings. The van der Waals surface area contributed by atoms with Crippen LogP contribution in [0, 0.1) is 0 Å². The number of hydrogen-bond donors (Lipinski definition) is 2. The average Bonchev–Trinajstić information content (AvgIpc) is 2.87. The largest absolute Gasteiger partial charge is 0.495 e. The highest BCUT2D eigenvalue weighted by molar-refractivity contribution is 6.37. The maximum absolute atomic E-state index is 11.8. The molecule has 0 radical (unpaired) electrons. The van der Waals surface area contributed by atoms with Gasteiger partial charge in [0.25, 0.3) is 0 Å². The lowest BCUT2D eigenvalue weighted by Crippen LogP contribution is -2.11. The molecule has 0 aliphatic rings. The lowest BCUT2D eigenvalue weighted by Gasteiger charge is -2.16. The third-order valence-corrected chi connectivity index (χ3v) is 5.51. The van der Waals surface area contributed by atoms with Crippen LogP contribution in [0.4, 0.5) is 17.3 Å². The highest BCUT2D eigenvalue weighted by Gasteiger charge is 2.18. The van der Waals surface area contributed by atoms with Crippen LogP contribution in [0.25, 0.3) is 0 Å². The van der Waals surface area contributed by atoms with Crippen molar-refractivity contribution in [3.8, 4) is 23.0 Å². The van der Waals surface area contributed by atoms with Crippen LogP contribution in [0.15, 0.2) is 49.3 Å². The van der Waals surface area contributed by atoms with Crippen molar-refractivity contribution in [1.82, 2.24) is 9.97 Å². The van der Waals surface area contributed by atoms with E-state index in [2.05, 4.69) is 27.2 Å². The molecule has 2 aromatic carbocycles. The van der Waals surface area contributed by atoms with Crippen LogP contribution < -0.4 is 29.6 Å². The molecule has 0 bridgehead atoms. The number of aromatic nitrogens is 2. The van der Waals surface area contributed by atoms with E-state index in [0.29, 0.717) is 56.6 Å². The van der Waals surface area contributed by atoms with Crippen molar-refractivity contribution in [2.45, 2.75) is 13.5 Å². The summed E-state index contributed by atoms with van der Waals surface area (Å²) >= 11 is 12.8. The average molecular weight is 519 g/mol. The fourth-order valence-electron chi connectivity index (χ4n) is 3.01. The maximum atomic E-state index is 11.8. The zero-order valence-corrected chi connectivity index (χ0v) is 20.9. The van der Waals surface area contributed by atoms with Crippen molar-refractivity contribution in [3.05, 3.63) is 64.9 Å². The number of amides is 1. The van der Waals surface area contributed by atoms with Gasteiger partial charge in [-0.2, -0.15) is 0 Å². The van der Waals surface area contributed by atoms with Crippen molar-refractivity contribution >= 4 is 46.4 Å². The minimum atomic E-state index is -0.363. The molecule has 11 heteroatoms. The van der Waals surface area contributed by atoms with E-state index in [1.807, 2.05) is 6.92 Å². The standard InChI is InChI=1S/C24H24Cl2N4O5/c1-5-20(31)29-16-8-7-9-17(34-6-2)23(16)30-24-27-11-14(12-28-24)35-13-15-21(25)18(32-3)10-19(33-4)22(15)26/h5,7-12H,1,6,13H2,2-4H3,(H,29,31)(H,27,28,30). The lowest BCUT2D eigenvalue weighted by atomic mass is 10.2. The molecule has 0 spiro atoms. The van der Waals surface area contributed by atoms with E-state index < -0.39 is 0 Å². The number of carbonyl (C=O) groups excluding carboxylic acids is 1. The van der Waals surface area contributed by atoms with Crippen LogP contribution >= 0.6 is 23.2 Å². The number of nitrogens with zero attached hydrogens (tertiary/aromatic N) is 2. The summed E-state index contributed by atoms with van der Waals surface area (Å²) in [4.78, 5) is 20.4. The second-order valence-electron chi connectivity index (χ2n) is 6.85. The molecule has 3 rings (SSSR count). The molecule has 35 heavy (non-hydrogen) atoms. The first-order chi connectivity index (χ1) is 16.9. The molecular weight excluding hydrogens is 495 g/mol. The smallest absolute Gasteiger partial charge is 0.247 e. The number of methoxy groups -OCH3 is 2. The molecule has 0 aliphatic heterocycles. The molecule has 0 saturated heterocycles. The summed E-state index contributed by atoms with van der Waals surface area (Å²) in [6.45, 7) is 5.80. The van der Waals surface area contributed by atoms with E-state index in [1.54, 1.807) is 24.3 Å². The number of para-hydroxylation sites is 1. The predicted octanol–water partition coefficient (Wildman–Crippen LogP) is 5.65. The Kier molecular flexibility index (Phi) is 8.99. The predicted molar refractivity (Wildman–Crippen MR) is 136 cm³/mol. The number of nitrogens with one attached hydrogen (secondary N) is 2. The number of benzene rings is 2. The van der Waals surface area contributed by atoms with Gasteiger partial charge in [0.05, 0.1) is 49.0 Å². The van der Waals surface area contributed by atoms with Crippen molar-refractivity contribution < 1.29 is 23.7 Å². The van der Waals surface area contributed by atoms with Crippen molar-refractivity contribution in [2.24, 2.45) is 0 Å². The zero-order chi connectivity index (χ0) is 25.4. The summed E-state index contributed by atoms with van der Waals surface area (Å²) in [5.41, 5.74) is 1.49. The second-order valence-corrected chi connectivity index (χ2v) is 7.60. The SMILES string of the molecule is C=CC(=O)Nc1cccc(OCC)c1Nc1ncc(OCc2c(Cl)c(OC)cc(OC)c2Cl)cn1. The monoisotopic (exact) mass is 518 g/mol. The van der Waals surface area contributed by atoms with Gasteiger partial charge in [0.1, 0.15) is 29.5 Å². The summed E-state index contributed by atoms with van der Waals surface area (Å²) < 4.78 is 22.0. The van der Waals surface area contributed by atoms with Crippen LogP contribution in [0.3, 0.4) is 0 Å². The summed E-state index contributed by atoms with van der Waals surface area (Å²) in [5, 5.41) is 6.45. The first-order valence-corrected chi connectivity index (χ1v) is 11.2. The Hall–Kier alpha value is -3.69. The molecular formula is C24H24Cl2N4O5. The van der Waals surface area contributed by atoms with Gasteiger partial charge in [-0.3, -0.25) is 4.79 Å². The van der Waals surface area contributed by atoms with Gasteiger partial charge in [0.2, 0.25) is 11.9 Å². The highest BCUT2D eigenvalue weighted by atomic mass is 35.5. The summed E-state index contributed by atoms with van der Waals surface area (Å²) in [7, 11) is 2.99. The van der Waals surface area contributed by atoms with E-state index in [-0.39, 0.29) is 18.5 Å². The molecule has 3 aromatic rings. The Morgan fingerprint density at radius 2 is 1.71 bits per heavy atom. The molecule has 1 heterocycles. The van der Waals surface area contributed by atoms with Crippen LogP contribution in [-0.2, 0) is 11.4 Å². The quantitative estimate of drug-likeness (QED) is 0.314. The maximum Gasteiger partial charge on any atom is 0.247 e. The molecule has 1 aromatic heterocycles. The van der Waals surface area contributed by atoms with E-state index in [9.17, 15) is 4.79 Å². The van der Waals surface area contributed by atoms with Gasteiger partial charge in [-0.25, -0.2) is 9.97 Å². The molecule has 0 aliphatic carbocycles. The number of ether oxygens (including phenoxy) is 4. The van der Waals surface area contributed by atoms with Crippen LogP contribution in [-0.4, -0.2) is 36.7 Å². The van der Waals surface area contributed by atoms with Crippen LogP contribution in [0.1, 0.15) is 12.5 Å². The minimum Gasteiger partial charge on any atom is -0.495 e. The third kappa shape index (κ3) is 6.26. The Morgan fingerprint density at radius 3 is 2.29 bits per heavy atom. The molecule has 0 atom stereocenters. The van der Waals surface area contributed by atoms with E-state index in [0.717, 1.165) is 0 Å². The molecule has 9 nitrogen and oxygen atoms in total. The van der Waals surface area contributed by atoms with Gasteiger partial charge >= 0.3 is 0 Å². The number of halogens is 2. The Morgan fingerprint density at radius 1 is 1.06 bits per heavy atom. The van der Waals surface area contributed by atoms with E-state index in [1.165, 1.54) is 32.7 Å². The first kappa shape index (κ1) is 25.9. The summed E-state index contributed by atoms with van der Waals surface area (Å²) in [5.74, 6) is 1.62. The fourth-order valence-corrected chi connectivity index (χ4v) is 3.62. The molecule has 0 unspecified atom stereocenters. The summed E-state index contributed by atoms with van der Waals surface area (Å²) in [6.07, 6.45) is 4.15. The van der Waals surface area contributed by atoms with Gasteiger partial charge in [-0.15, -0.1) is 0 Å². The van der Waals surface area contributed by atoms with E-state index >= 15 is 0 Å². The van der Waals surface area contributed by atoms with Gasteiger partial charge in [-0.1, -0.05) is 35.8 Å². The highest BCUT2D eigenvalue weighted by Crippen LogP contribution is 2.41. The molecule has 184 valence electrons. The lowest BCUT2D eigenvalue weighted by molar-refractivity contribution is -0.111. The van der Waals surface area contributed by atoms with Gasteiger partial charge in [-0.05, 0) is 25.1 Å². The molecule has 0 saturated carbocycles. The Bertz CT molecular complexity index is 1180. The van der Waals surface area contributed by atoms with Crippen LogP contribution in [0.2, 0.25) is 10.0 Å². The Labute approximate surface area is 213 Å². The number of carbonyl (C=O) groups is 1. The van der Waals surface area contributed by atoms with Crippen molar-refractivity contribution in [1.29, 1.82) is 0 Å². The molecule has 2 N–H and O–H groups in total. The summed E-state index contributed by atoms with van der Waals surface area (Å²) in [6, 6.07) is 6.85. The van der Waals surface area contributed by atoms with Crippen LogP contribution in [0.5, 0.6) is 23.0 Å². The zero-order valence-electron chi connectivity index (χ0n) is 19.4. The van der Waals surface area contributed by atoms with Crippen molar-refractivity contribution in [2.75, 3.05) is 31.5 Å². The number of anilines is 3. The fraction of sp³-hybridized carbons (Fsp3) is 0.208. The number of rotatable bonds is 11. The molecule has 1 amide bonds. The Balaban J connectivity index is 1.79. The number of hydrogen-bond acceptors (Lipinski definition) is 8. The van der Waals surface area contributed by atoms with Gasteiger partial charge < -0.3 is 29.6 Å². The van der Waals surface area contributed by atoms with Gasteiger partial charge in [0, 0.05) is 11.6 Å². The second kappa shape index (κ2) is 12.1. The first-order valence-electron chi connectivity index (χ1n) is 10.4.